The SMILES string of the molecule is CCNC(c1cnccn1)c1cc2ccccc2s1. The fourth-order valence-electron chi connectivity index (χ4n) is 2.16. The number of nitrogens with one attached hydrogen (secondary N) is 1. The van der Waals surface area contributed by atoms with Gasteiger partial charge in [0.25, 0.3) is 0 Å². The van der Waals surface area contributed by atoms with Crippen LogP contribution in [0.5, 0.6) is 0 Å². The Bertz CT molecular complexity index is 630. The van der Waals surface area contributed by atoms with Gasteiger partial charge in [0, 0.05) is 22.0 Å². The van der Waals surface area contributed by atoms with Crippen molar-refractivity contribution in [1.29, 1.82) is 0 Å². The Balaban J connectivity index is 2.04. The van der Waals surface area contributed by atoms with Crippen LogP contribution in [0.2, 0.25) is 0 Å². The van der Waals surface area contributed by atoms with E-state index in [1.54, 1.807) is 12.4 Å². The third kappa shape index (κ3) is 2.50. The number of hydrogen-bond donors (Lipinski definition) is 1. The Morgan fingerprint density at radius 1 is 1.26 bits per heavy atom. The Hall–Kier alpha value is -1.78. The molecule has 0 fully saturated rings. The first-order valence-corrected chi connectivity index (χ1v) is 7.18. The van der Waals surface area contributed by atoms with Gasteiger partial charge in [-0.05, 0) is 24.1 Å². The summed E-state index contributed by atoms with van der Waals surface area (Å²) in [5.74, 6) is 0. The molecule has 0 aliphatic rings. The minimum absolute atomic E-state index is 0.121. The summed E-state index contributed by atoms with van der Waals surface area (Å²) in [4.78, 5) is 9.88. The highest BCUT2D eigenvalue weighted by Crippen LogP contribution is 2.32. The monoisotopic (exact) mass is 269 g/mol. The van der Waals surface area contributed by atoms with E-state index in [1.165, 1.54) is 15.0 Å². The molecule has 4 heteroatoms. The zero-order valence-electron chi connectivity index (χ0n) is 10.7. The van der Waals surface area contributed by atoms with Gasteiger partial charge in [-0.15, -0.1) is 11.3 Å². The molecule has 0 amide bonds. The second-order valence-corrected chi connectivity index (χ2v) is 5.42. The van der Waals surface area contributed by atoms with Gasteiger partial charge in [-0.1, -0.05) is 25.1 Å². The molecule has 19 heavy (non-hydrogen) atoms. The van der Waals surface area contributed by atoms with Gasteiger partial charge in [-0.3, -0.25) is 9.97 Å². The summed E-state index contributed by atoms with van der Waals surface area (Å²) in [6.07, 6.45) is 5.28. The molecule has 0 saturated heterocycles. The second-order valence-electron chi connectivity index (χ2n) is 4.31. The largest absolute Gasteiger partial charge is 0.305 e. The van der Waals surface area contributed by atoms with Crippen LogP contribution < -0.4 is 5.32 Å². The van der Waals surface area contributed by atoms with E-state index in [2.05, 4.69) is 52.5 Å². The van der Waals surface area contributed by atoms with Gasteiger partial charge in [-0.2, -0.15) is 0 Å². The van der Waals surface area contributed by atoms with Crippen molar-refractivity contribution >= 4 is 21.4 Å². The van der Waals surface area contributed by atoms with E-state index < -0.39 is 0 Å². The maximum atomic E-state index is 4.43. The van der Waals surface area contributed by atoms with Crippen LogP contribution in [-0.4, -0.2) is 16.5 Å². The average Bonchev–Trinajstić information content (AvgIpc) is 2.89. The average molecular weight is 269 g/mol. The Morgan fingerprint density at radius 3 is 2.89 bits per heavy atom. The van der Waals surface area contributed by atoms with Crippen molar-refractivity contribution in [1.82, 2.24) is 15.3 Å². The summed E-state index contributed by atoms with van der Waals surface area (Å²) >= 11 is 1.81. The molecule has 1 N–H and O–H groups in total. The zero-order chi connectivity index (χ0) is 13.1. The normalized spacial score (nSPS) is 12.7. The van der Waals surface area contributed by atoms with E-state index in [9.17, 15) is 0 Å². The molecule has 2 aromatic heterocycles. The molecule has 0 bridgehead atoms. The third-order valence-corrected chi connectivity index (χ3v) is 4.20. The Labute approximate surface area is 116 Å². The molecule has 0 spiro atoms. The Kier molecular flexibility index (Phi) is 3.53. The molecule has 2 heterocycles. The fourth-order valence-corrected chi connectivity index (χ4v) is 3.31. The maximum Gasteiger partial charge on any atom is 0.0861 e. The van der Waals surface area contributed by atoms with Crippen LogP contribution in [-0.2, 0) is 0 Å². The lowest BCUT2D eigenvalue weighted by Gasteiger charge is -2.14. The minimum atomic E-state index is 0.121. The standard InChI is InChI=1S/C15H15N3S/c1-2-17-15(12-10-16-7-8-18-12)14-9-11-5-3-4-6-13(11)19-14/h3-10,15,17H,2H2,1H3. The number of rotatable bonds is 4. The van der Waals surface area contributed by atoms with Crippen LogP contribution in [0.15, 0.2) is 48.9 Å². The molecule has 0 aliphatic heterocycles. The summed E-state index contributed by atoms with van der Waals surface area (Å²) < 4.78 is 1.31. The summed E-state index contributed by atoms with van der Waals surface area (Å²) in [6.45, 7) is 3.01. The summed E-state index contributed by atoms with van der Waals surface area (Å²) in [6, 6.07) is 10.8. The molecule has 0 radical (unpaired) electrons. The smallest absolute Gasteiger partial charge is 0.0861 e. The van der Waals surface area contributed by atoms with E-state index in [-0.39, 0.29) is 6.04 Å². The van der Waals surface area contributed by atoms with Crippen LogP contribution in [0.3, 0.4) is 0 Å². The number of nitrogens with zero attached hydrogens (tertiary/aromatic N) is 2. The van der Waals surface area contributed by atoms with E-state index in [4.69, 9.17) is 0 Å². The lowest BCUT2D eigenvalue weighted by molar-refractivity contribution is 0.621. The topological polar surface area (TPSA) is 37.8 Å². The lowest BCUT2D eigenvalue weighted by atomic mass is 10.1. The van der Waals surface area contributed by atoms with Gasteiger partial charge in [0.05, 0.1) is 17.9 Å². The van der Waals surface area contributed by atoms with Gasteiger partial charge >= 0.3 is 0 Å². The van der Waals surface area contributed by atoms with Crippen molar-refractivity contribution in [2.24, 2.45) is 0 Å². The molecule has 3 aromatic rings. The van der Waals surface area contributed by atoms with Crippen molar-refractivity contribution in [3.63, 3.8) is 0 Å². The summed E-state index contributed by atoms with van der Waals surface area (Å²) in [7, 11) is 0. The highest BCUT2D eigenvalue weighted by Gasteiger charge is 2.17. The molecule has 3 rings (SSSR count). The van der Waals surface area contributed by atoms with E-state index in [1.807, 2.05) is 17.5 Å². The van der Waals surface area contributed by atoms with Crippen molar-refractivity contribution in [2.45, 2.75) is 13.0 Å². The number of hydrogen-bond acceptors (Lipinski definition) is 4. The quantitative estimate of drug-likeness (QED) is 0.789. The van der Waals surface area contributed by atoms with Crippen LogP contribution in [0.25, 0.3) is 10.1 Å². The highest BCUT2D eigenvalue weighted by molar-refractivity contribution is 7.19. The molecule has 3 nitrogen and oxygen atoms in total. The number of aromatic nitrogens is 2. The van der Waals surface area contributed by atoms with Crippen molar-refractivity contribution < 1.29 is 0 Å². The molecule has 1 unspecified atom stereocenters. The predicted octanol–water partition coefficient (Wildman–Crippen LogP) is 3.39. The van der Waals surface area contributed by atoms with E-state index in [0.717, 1.165) is 12.2 Å². The van der Waals surface area contributed by atoms with Crippen LogP contribution in [0.4, 0.5) is 0 Å². The minimum Gasteiger partial charge on any atom is -0.305 e. The van der Waals surface area contributed by atoms with Gasteiger partial charge in [0.1, 0.15) is 0 Å². The first kappa shape index (κ1) is 12.3. The zero-order valence-corrected chi connectivity index (χ0v) is 11.5. The van der Waals surface area contributed by atoms with Crippen molar-refractivity contribution in [3.8, 4) is 0 Å². The maximum absolute atomic E-state index is 4.43. The van der Waals surface area contributed by atoms with Gasteiger partial charge < -0.3 is 5.32 Å². The van der Waals surface area contributed by atoms with Gasteiger partial charge in [0.15, 0.2) is 0 Å². The molecule has 0 saturated carbocycles. The molecular weight excluding hydrogens is 254 g/mol. The van der Waals surface area contributed by atoms with Crippen LogP contribution >= 0.6 is 11.3 Å². The van der Waals surface area contributed by atoms with Crippen LogP contribution in [0.1, 0.15) is 23.5 Å². The van der Waals surface area contributed by atoms with Crippen LogP contribution in [0, 0.1) is 0 Å². The molecule has 96 valence electrons. The van der Waals surface area contributed by atoms with Crippen molar-refractivity contribution in [3.05, 3.63) is 59.5 Å². The lowest BCUT2D eigenvalue weighted by Crippen LogP contribution is -2.22. The molecule has 1 aromatic carbocycles. The van der Waals surface area contributed by atoms with E-state index >= 15 is 0 Å². The summed E-state index contributed by atoms with van der Waals surface area (Å²) in [5.41, 5.74) is 0.968. The van der Waals surface area contributed by atoms with Gasteiger partial charge in [-0.25, -0.2) is 0 Å². The fraction of sp³-hybridized carbons (Fsp3) is 0.200. The van der Waals surface area contributed by atoms with Crippen molar-refractivity contribution in [2.75, 3.05) is 6.54 Å². The molecule has 1 atom stereocenters. The van der Waals surface area contributed by atoms with E-state index in [0.29, 0.717) is 0 Å². The first-order chi connectivity index (χ1) is 9.38. The second kappa shape index (κ2) is 5.47. The number of fused-ring (bicyclic) bond motifs is 1. The molecular formula is C15H15N3S. The first-order valence-electron chi connectivity index (χ1n) is 6.36. The highest BCUT2D eigenvalue weighted by atomic mass is 32.1. The number of benzene rings is 1. The van der Waals surface area contributed by atoms with Gasteiger partial charge in [0.2, 0.25) is 0 Å². The third-order valence-electron chi connectivity index (χ3n) is 3.02. The Morgan fingerprint density at radius 2 is 2.16 bits per heavy atom. The number of thiophene rings is 1. The summed E-state index contributed by atoms with van der Waals surface area (Å²) in [5, 5.41) is 4.77. The molecule has 0 aliphatic carbocycles. The predicted molar refractivity (Wildman–Crippen MR) is 79.4 cm³/mol.